The first kappa shape index (κ1) is 27.2. The molecule has 41 heavy (non-hydrogen) atoms. The molecule has 6 N–H and O–H groups in total. The number of pyridine rings is 2. The minimum atomic E-state index is -0.168. The predicted octanol–water partition coefficient (Wildman–Crippen LogP) is 4.03. The highest BCUT2D eigenvalue weighted by Gasteiger charge is 2.20. The van der Waals surface area contributed by atoms with Gasteiger partial charge in [-0.25, -0.2) is 15.0 Å². The van der Waals surface area contributed by atoms with E-state index >= 15 is 0 Å². The Morgan fingerprint density at radius 1 is 1.10 bits per heavy atom. The first-order valence-electron chi connectivity index (χ1n) is 12.8. The van der Waals surface area contributed by atoms with Crippen LogP contribution < -0.4 is 27.1 Å². The molecular formula is C30H29N9O2. The van der Waals surface area contributed by atoms with Crippen molar-refractivity contribution in [2.24, 2.45) is 10.7 Å². The molecule has 2 aromatic carbocycles. The summed E-state index contributed by atoms with van der Waals surface area (Å²) in [6.07, 6.45) is 2.98. The first-order chi connectivity index (χ1) is 19.8. The van der Waals surface area contributed by atoms with E-state index in [1.54, 1.807) is 29.0 Å². The van der Waals surface area contributed by atoms with Crippen molar-refractivity contribution in [3.8, 4) is 11.6 Å². The SMILES string of the molecule is C=Nc1cc(C(=N)c2c(N)ncnc2NCc2cc3cccc(C)c3c(=O)n2-c2ncccc2C)ccc1OCN. The topological polar surface area (TPSA) is 170 Å². The molecule has 11 heteroatoms. The molecule has 206 valence electrons. The van der Waals surface area contributed by atoms with Crippen molar-refractivity contribution < 1.29 is 4.74 Å². The molecule has 0 aliphatic rings. The zero-order valence-electron chi connectivity index (χ0n) is 22.7. The van der Waals surface area contributed by atoms with Crippen molar-refractivity contribution in [2.45, 2.75) is 20.4 Å². The summed E-state index contributed by atoms with van der Waals surface area (Å²) >= 11 is 0. The van der Waals surface area contributed by atoms with E-state index in [-0.39, 0.29) is 30.4 Å². The third-order valence-electron chi connectivity index (χ3n) is 6.75. The molecule has 0 spiro atoms. The second kappa shape index (κ2) is 11.4. The molecule has 0 fully saturated rings. The quantitative estimate of drug-likeness (QED) is 0.158. The van der Waals surface area contributed by atoms with E-state index in [1.807, 2.05) is 50.2 Å². The highest BCUT2D eigenvalue weighted by Crippen LogP contribution is 2.31. The number of aliphatic imine (C=N–C) groups is 1. The van der Waals surface area contributed by atoms with E-state index in [1.165, 1.54) is 6.33 Å². The number of aromatic nitrogens is 4. The zero-order chi connectivity index (χ0) is 29.1. The lowest BCUT2D eigenvalue weighted by Crippen LogP contribution is -2.26. The number of ether oxygens (including phenoxy) is 1. The van der Waals surface area contributed by atoms with Crippen molar-refractivity contribution in [3.63, 3.8) is 0 Å². The fourth-order valence-electron chi connectivity index (χ4n) is 4.77. The molecule has 0 bridgehead atoms. The Kier molecular flexibility index (Phi) is 7.53. The number of hydrogen-bond donors (Lipinski definition) is 4. The Hall–Kier alpha value is -5.42. The van der Waals surface area contributed by atoms with Gasteiger partial charge in [-0.05, 0) is 67.4 Å². The second-order valence-electron chi connectivity index (χ2n) is 9.32. The molecule has 3 aromatic heterocycles. The number of hydrogen-bond acceptors (Lipinski definition) is 10. The highest BCUT2D eigenvalue weighted by atomic mass is 16.5. The minimum absolute atomic E-state index is 0.0235. The van der Waals surface area contributed by atoms with E-state index in [9.17, 15) is 4.79 Å². The molecule has 0 aliphatic carbocycles. The van der Waals surface area contributed by atoms with E-state index in [0.29, 0.717) is 45.3 Å². The van der Waals surface area contributed by atoms with Crippen LogP contribution in [0.15, 0.2) is 76.9 Å². The van der Waals surface area contributed by atoms with Crippen LogP contribution in [0.25, 0.3) is 16.6 Å². The van der Waals surface area contributed by atoms with Crippen LogP contribution in [-0.4, -0.2) is 38.7 Å². The van der Waals surface area contributed by atoms with Gasteiger partial charge in [-0.15, -0.1) is 0 Å². The van der Waals surface area contributed by atoms with E-state index in [2.05, 4.69) is 32.0 Å². The van der Waals surface area contributed by atoms with Crippen molar-refractivity contribution in [3.05, 3.63) is 105 Å². The number of anilines is 2. The molecule has 0 saturated heterocycles. The number of nitrogens with one attached hydrogen (secondary N) is 2. The van der Waals surface area contributed by atoms with Gasteiger partial charge in [0.05, 0.1) is 23.2 Å². The Morgan fingerprint density at radius 3 is 2.66 bits per heavy atom. The summed E-state index contributed by atoms with van der Waals surface area (Å²) in [4.78, 5) is 30.9. The van der Waals surface area contributed by atoms with Gasteiger partial charge in [0.2, 0.25) is 0 Å². The van der Waals surface area contributed by atoms with Gasteiger partial charge in [-0.2, -0.15) is 0 Å². The summed E-state index contributed by atoms with van der Waals surface area (Å²) in [5.41, 5.74) is 15.3. The van der Waals surface area contributed by atoms with Gasteiger partial charge in [-0.1, -0.05) is 24.3 Å². The smallest absolute Gasteiger partial charge is 0.264 e. The van der Waals surface area contributed by atoms with E-state index in [4.69, 9.17) is 21.6 Å². The number of nitrogen functional groups attached to an aromatic ring is 1. The fraction of sp³-hybridized carbons (Fsp3) is 0.133. The van der Waals surface area contributed by atoms with Crippen LogP contribution in [0.4, 0.5) is 17.3 Å². The van der Waals surface area contributed by atoms with Crippen LogP contribution in [0.2, 0.25) is 0 Å². The summed E-state index contributed by atoms with van der Waals surface area (Å²) in [6, 6.07) is 16.5. The van der Waals surface area contributed by atoms with Crippen molar-refractivity contribution in [1.82, 2.24) is 19.5 Å². The van der Waals surface area contributed by atoms with E-state index in [0.717, 1.165) is 16.5 Å². The molecule has 0 aliphatic heterocycles. The Morgan fingerprint density at radius 2 is 1.90 bits per heavy atom. The number of fused-ring (bicyclic) bond motifs is 1. The van der Waals surface area contributed by atoms with Crippen LogP contribution >= 0.6 is 0 Å². The van der Waals surface area contributed by atoms with Crippen molar-refractivity contribution in [1.29, 1.82) is 5.41 Å². The second-order valence-corrected chi connectivity index (χ2v) is 9.32. The van der Waals surface area contributed by atoms with Crippen LogP contribution in [0.3, 0.4) is 0 Å². The molecule has 0 atom stereocenters. The van der Waals surface area contributed by atoms with Gasteiger partial charge in [-0.3, -0.25) is 25.5 Å². The average Bonchev–Trinajstić information content (AvgIpc) is 2.96. The van der Waals surface area contributed by atoms with Crippen molar-refractivity contribution in [2.75, 3.05) is 17.8 Å². The molecule has 11 nitrogen and oxygen atoms in total. The minimum Gasteiger partial charge on any atom is -0.476 e. The Balaban J connectivity index is 1.58. The molecule has 5 aromatic rings. The Labute approximate surface area is 236 Å². The van der Waals surface area contributed by atoms with Crippen LogP contribution in [0, 0.1) is 19.3 Å². The molecule has 0 unspecified atom stereocenters. The third-order valence-corrected chi connectivity index (χ3v) is 6.75. The zero-order valence-corrected chi connectivity index (χ0v) is 22.7. The number of nitrogens with zero attached hydrogens (tertiary/aromatic N) is 5. The summed E-state index contributed by atoms with van der Waals surface area (Å²) in [6.45, 7) is 7.58. The van der Waals surface area contributed by atoms with Crippen LogP contribution in [0.1, 0.15) is 27.9 Å². The maximum atomic E-state index is 13.9. The monoisotopic (exact) mass is 547 g/mol. The molecule has 3 heterocycles. The van der Waals surface area contributed by atoms with Crippen molar-refractivity contribution >= 4 is 40.5 Å². The number of aryl methyl sites for hydroxylation is 2. The number of nitrogens with two attached hydrogens (primary N) is 2. The molecule has 5 rings (SSSR count). The summed E-state index contributed by atoms with van der Waals surface area (Å²) < 4.78 is 7.00. The maximum absolute atomic E-state index is 13.9. The predicted molar refractivity (Wildman–Crippen MR) is 162 cm³/mol. The largest absolute Gasteiger partial charge is 0.476 e. The van der Waals surface area contributed by atoms with Gasteiger partial charge in [0.25, 0.3) is 5.56 Å². The lowest BCUT2D eigenvalue weighted by molar-refractivity contribution is 0.331. The normalized spacial score (nSPS) is 10.9. The Bertz CT molecular complexity index is 1860. The van der Waals surface area contributed by atoms with Gasteiger partial charge in [0.15, 0.2) is 0 Å². The van der Waals surface area contributed by atoms with Gasteiger partial charge in [0, 0.05) is 17.5 Å². The molecular weight excluding hydrogens is 518 g/mol. The molecule has 0 amide bonds. The van der Waals surface area contributed by atoms with Crippen LogP contribution in [0.5, 0.6) is 5.75 Å². The van der Waals surface area contributed by atoms with Gasteiger partial charge >= 0.3 is 0 Å². The highest BCUT2D eigenvalue weighted by molar-refractivity contribution is 6.16. The standard InChI is InChI=1S/C30H29N9O2/c1-17-6-4-8-19-12-21(39(30(40)24(17)19)29-18(2)7-5-11-35-29)14-36-28-25(27(33)37-16-38-28)26(32)20-9-10-23(41-15-31)22(13-20)34-3/h4-13,16,32H,3,14-15,31H2,1-2H3,(H3,33,36,37,38). The van der Waals surface area contributed by atoms with Gasteiger partial charge < -0.3 is 15.8 Å². The fourth-order valence-corrected chi connectivity index (χ4v) is 4.77. The van der Waals surface area contributed by atoms with E-state index < -0.39 is 0 Å². The molecule has 0 radical (unpaired) electrons. The van der Waals surface area contributed by atoms with Crippen LogP contribution in [-0.2, 0) is 6.54 Å². The number of benzene rings is 2. The maximum Gasteiger partial charge on any atom is 0.264 e. The van der Waals surface area contributed by atoms with Gasteiger partial charge in [0.1, 0.15) is 41.9 Å². The summed E-state index contributed by atoms with van der Waals surface area (Å²) in [7, 11) is 0. The lowest BCUT2D eigenvalue weighted by Gasteiger charge is -2.18. The lowest BCUT2D eigenvalue weighted by atomic mass is 10.0. The third kappa shape index (κ3) is 5.13. The molecule has 0 saturated carbocycles. The average molecular weight is 548 g/mol. The first-order valence-corrected chi connectivity index (χ1v) is 12.8. The summed E-state index contributed by atoms with van der Waals surface area (Å²) in [5.74, 6) is 1.44. The summed E-state index contributed by atoms with van der Waals surface area (Å²) in [5, 5.41) is 13.7. The number of rotatable bonds is 9.